The lowest BCUT2D eigenvalue weighted by Crippen LogP contribution is -2.30. The van der Waals surface area contributed by atoms with E-state index in [0.717, 1.165) is 57.7 Å². The van der Waals surface area contributed by atoms with Gasteiger partial charge in [-0.15, -0.1) is 0 Å². The van der Waals surface area contributed by atoms with Crippen LogP contribution in [-0.4, -0.2) is 51.5 Å². The minimum absolute atomic E-state index is 0.185. The Kier molecular flexibility index (Phi) is 11.4. The van der Waals surface area contributed by atoms with E-state index in [-0.39, 0.29) is 11.0 Å². The SMILES string of the molecule is C1COCCN1.N#[N+]c1cc(OC2CCCC2)ccc1OC1CCCC1.O=S(=O)([O-])c1ccccc1. The first-order chi connectivity index (χ1) is 17.5. The van der Waals surface area contributed by atoms with E-state index < -0.39 is 10.1 Å². The number of nitrogens with zero attached hydrogens (tertiary/aromatic N) is 2. The molecule has 0 spiro atoms. The summed E-state index contributed by atoms with van der Waals surface area (Å²) in [5.74, 6) is 1.42. The van der Waals surface area contributed by atoms with Crippen LogP contribution in [0, 0.1) is 5.39 Å². The summed E-state index contributed by atoms with van der Waals surface area (Å²) in [4.78, 5) is 3.16. The molecule has 0 unspecified atom stereocenters. The Balaban J connectivity index is 0.000000186. The van der Waals surface area contributed by atoms with Gasteiger partial charge in [-0.3, -0.25) is 0 Å². The highest BCUT2D eigenvalue weighted by molar-refractivity contribution is 7.85. The quantitative estimate of drug-likeness (QED) is 0.433. The maximum Gasteiger partial charge on any atom is 0.429 e. The van der Waals surface area contributed by atoms with Gasteiger partial charge >= 0.3 is 5.69 Å². The standard InChI is InChI=1S/C16H21N2O2.C6H6O3S.C4H9NO/c17-18-15-11-14(19-12-5-1-2-6-12)9-10-16(15)20-13-7-3-4-8-13;7-10(8,9)6-4-2-1-3-5-6;1-3-6-4-2-5-1/h9-13H,1-8H2;1-5H,(H,7,8,9);5H,1-4H2/q+1;;/p-1. The summed E-state index contributed by atoms with van der Waals surface area (Å²) in [6, 6.07) is 12.7. The van der Waals surface area contributed by atoms with Crippen LogP contribution in [0.15, 0.2) is 53.4 Å². The summed E-state index contributed by atoms with van der Waals surface area (Å²) in [5, 5.41) is 12.3. The van der Waals surface area contributed by atoms with Crippen LogP contribution in [0.1, 0.15) is 51.4 Å². The summed E-state index contributed by atoms with van der Waals surface area (Å²) < 4.78 is 47.7. The molecule has 1 heterocycles. The van der Waals surface area contributed by atoms with Crippen molar-refractivity contribution in [2.45, 2.75) is 68.5 Å². The number of morpholine rings is 1. The number of hydrogen-bond acceptors (Lipinski definition) is 8. The Bertz CT molecular complexity index is 1050. The van der Waals surface area contributed by atoms with E-state index >= 15 is 0 Å². The fourth-order valence-corrected chi connectivity index (χ4v) is 4.73. The summed E-state index contributed by atoms with van der Waals surface area (Å²) in [6.45, 7) is 3.83. The Hall–Kier alpha value is -2.71. The molecule has 0 atom stereocenters. The predicted octanol–water partition coefficient (Wildman–Crippen LogP) is 5.01. The number of rotatable bonds is 5. The van der Waals surface area contributed by atoms with E-state index in [2.05, 4.69) is 10.3 Å². The van der Waals surface area contributed by atoms with Gasteiger partial charge in [-0.25, -0.2) is 8.42 Å². The second kappa shape index (κ2) is 14.8. The van der Waals surface area contributed by atoms with Crippen LogP contribution in [0.25, 0.3) is 4.98 Å². The van der Waals surface area contributed by atoms with Crippen molar-refractivity contribution in [2.24, 2.45) is 0 Å². The highest BCUT2D eigenvalue weighted by Crippen LogP contribution is 2.36. The zero-order valence-corrected chi connectivity index (χ0v) is 21.3. The molecule has 0 radical (unpaired) electrons. The van der Waals surface area contributed by atoms with Gasteiger partial charge in [-0.05, 0) is 75.6 Å². The van der Waals surface area contributed by atoms with Crippen molar-refractivity contribution in [3.05, 3.63) is 53.5 Å². The molecule has 3 aliphatic rings. The summed E-state index contributed by atoms with van der Waals surface area (Å²) in [5.41, 5.74) is 0.465. The third-order valence-corrected chi connectivity index (χ3v) is 6.97. The van der Waals surface area contributed by atoms with Gasteiger partial charge in [0.15, 0.2) is 4.98 Å². The fourth-order valence-electron chi connectivity index (χ4n) is 4.24. The van der Waals surface area contributed by atoms with Gasteiger partial charge in [0.1, 0.15) is 15.9 Å². The number of ether oxygens (including phenoxy) is 3. The van der Waals surface area contributed by atoms with Crippen LogP contribution in [-0.2, 0) is 14.9 Å². The predicted molar refractivity (Wildman–Crippen MR) is 135 cm³/mol. The molecule has 2 aromatic rings. The van der Waals surface area contributed by atoms with Gasteiger partial charge in [0.2, 0.25) is 11.1 Å². The minimum Gasteiger partial charge on any atom is -0.744 e. The second-order valence-electron chi connectivity index (χ2n) is 8.91. The van der Waals surface area contributed by atoms with Gasteiger partial charge in [-0.1, -0.05) is 18.2 Å². The zero-order valence-electron chi connectivity index (χ0n) is 20.5. The zero-order chi connectivity index (χ0) is 25.6. The molecule has 1 saturated heterocycles. The summed E-state index contributed by atoms with van der Waals surface area (Å²) in [7, 11) is -4.25. The van der Waals surface area contributed by atoms with Crippen molar-refractivity contribution < 1.29 is 27.2 Å². The van der Waals surface area contributed by atoms with E-state index in [1.54, 1.807) is 12.1 Å². The first kappa shape index (κ1) is 27.9. The molecule has 36 heavy (non-hydrogen) atoms. The average Bonchev–Trinajstić information content (AvgIpc) is 3.61. The molecule has 2 saturated carbocycles. The highest BCUT2D eigenvalue weighted by Gasteiger charge is 2.24. The molecule has 1 N–H and O–H groups in total. The lowest BCUT2D eigenvalue weighted by Gasteiger charge is -2.14. The largest absolute Gasteiger partial charge is 0.744 e. The van der Waals surface area contributed by atoms with Crippen LogP contribution in [0.2, 0.25) is 0 Å². The van der Waals surface area contributed by atoms with Crippen LogP contribution < -0.4 is 14.8 Å². The molecule has 3 fully saturated rings. The maximum atomic E-state index is 10.3. The molecular formula is C26H35N3O6S. The molecular weight excluding hydrogens is 482 g/mol. The van der Waals surface area contributed by atoms with Gasteiger partial charge < -0.3 is 24.1 Å². The Morgan fingerprint density at radius 3 is 1.92 bits per heavy atom. The Morgan fingerprint density at radius 2 is 1.47 bits per heavy atom. The molecule has 2 aromatic carbocycles. The van der Waals surface area contributed by atoms with Gasteiger partial charge in [-0.2, -0.15) is 0 Å². The fraction of sp³-hybridized carbons (Fsp3) is 0.538. The molecule has 1 aliphatic heterocycles. The van der Waals surface area contributed by atoms with Crippen LogP contribution in [0.5, 0.6) is 11.5 Å². The Labute approximate surface area is 213 Å². The van der Waals surface area contributed by atoms with Gasteiger partial charge in [0.25, 0.3) is 0 Å². The molecule has 2 aliphatic carbocycles. The monoisotopic (exact) mass is 517 g/mol. The molecule has 0 amide bonds. The van der Waals surface area contributed by atoms with Crippen molar-refractivity contribution in [1.82, 2.24) is 5.32 Å². The number of diazo groups is 1. The van der Waals surface area contributed by atoms with E-state index in [4.69, 9.17) is 19.6 Å². The minimum atomic E-state index is -4.25. The third-order valence-electron chi connectivity index (χ3n) is 6.12. The maximum absolute atomic E-state index is 10.3. The average molecular weight is 518 g/mol. The first-order valence-electron chi connectivity index (χ1n) is 12.6. The van der Waals surface area contributed by atoms with Crippen molar-refractivity contribution >= 4 is 15.8 Å². The first-order valence-corrected chi connectivity index (χ1v) is 14.0. The van der Waals surface area contributed by atoms with Gasteiger partial charge in [0, 0.05) is 13.1 Å². The van der Waals surface area contributed by atoms with Crippen LogP contribution in [0.4, 0.5) is 5.69 Å². The lowest BCUT2D eigenvalue weighted by atomic mass is 10.2. The normalized spacial score (nSPS) is 18.2. The molecule has 0 aromatic heterocycles. The van der Waals surface area contributed by atoms with Gasteiger partial charge in [0.05, 0.1) is 36.4 Å². The molecule has 9 nitrogen and oxygen atoms in total. The van der Waals surface area contributed by atoms with E-state index in [9.17, 15) is 13.0 Å². The number of benzene rings is 2. The Morgan fingerprint density at radius 1 is 0.889 bits per heavy atom. The van der Waals surface area contributed by atoms with Crippen molar-refractivity contribution in [3.63, 3.8) is 0 Å². The van der Waals surface area contributed by atoms with E-state index in [0.29, 0.717) is 17.5 Å². The van der Waals surface area contributed by atoms with Crippen molar-refractivity contribution in [2.75, 3.05) is 26.3 Å². The number of hydrogen-bond donors (Lipinski definition) is 1. The molecule has 10 heteroatoms. The molecule has 0 bridgehead atoms. The van der Waals surface area contributed by atoms with E-state index in [1.165, 1.54) is 49.9 Å². The van der Waals surface area contributed by atoms with Crippen LogP contribution in [0.3, 0.4) is 0 Å². The second-order valence-corrected chi connectivity index (χ2v) is 10.3. The number of nitrogens with one attached hydrogen (secondary N) is 1. The summed E-state index contributed by atoms with van der Waals surface area (Å²) in [6.07, 6.45) is 9.91. The highest BCUT2D eigenvalue weighted by atomic mass is 32.2. The van der Waals surface area contributed by atoms with Crippen molar-refractivity contribution in [3.8, 4) is 11.5 Å². The van der Waals surface area contributed by atoms with Crippen molar-refractivity contribution in [1.29, 1.82) is 5.39 Å². The molecule has 5 rings (SSSR count). The summed E-state index contributed by atoms with van der Waals surface area (Å²) >= 11 is 0. The topological polar surface area (TPSA) is 125 Å². The van der Waals surface area contributed by atoms with E-state index in [1.807, 2.05) is 12.1 Å². The smallest absolute Gasteiger partial charge is 0.429 e. The lowest BCUT2D eigenvalue weighted by molar-refractivity contribution is 0.109. The van der Waals surface area contributed by atoms with Crippen LogP contribution >= 0.6 is 0 Å². The third kappa shape index (κ3) is 9.74. The molecule has 196 valence electrons.